The Labute approximate surface area is 130 Å². The highest BCUT2D eigenvalue weighted by molar-refractivity contribution is 9.10. The van der Waals surface area contributed by atoms with Gasteiger partial charge in [0.25, 0.3) is 0 Å². The maximum atomic E-state index is 12.1. The van der Waals surface area contributed by atoms with Crippen LogP contribution in [0, 0.1) is 0 Å². The third kappa shape index (κ3) is 3.76. The van der Waals surface area contributed by atoms with Gasteiger partial charge in [0.2, 0.25) is 5.91 Å². The lowest BCUT2D eigenvalue weighted by Crippen LogP contribution is -2.34. The van der Waals surface area contributed by atoms with E-state index < -0.39 is 5.97 Å². The van der Waals surface area contributed by atoms with Gasteiger partial charge in [-0.05, 0) is 53.9 Å². The van der Waals surface area contributed by atoms with E-state index in [2.05, 4.69) is 15.9 Å². The first kappa shape index (κ1) is 15.4. The fourth-order valence-electron chi connectivity index (χ4n) is 2.01. The number of carboxylic acids is 1. The summed E-state index contributed by atoms with van der Waals surface area (Å²) < 4.78 is 0.550. The Kier molecular flexibility index (Phi) is 5.10. The van der Waals surface area contributed by atoms with Crippen molar-refractivity contribution >= 4 is 39.6 Å². The first-order chi connectivity index (χ1) is 9.52. The predicted molar refractivity (Wildman–Crippen MR) is 82.2 cm³/mol. The summed E-state index contributed by atoms with van der Waals surface area (Å²) in [5.74, 6) is -0.496. The minimum absolute atomic E-state index is 0.125. The lowest BCUT2D eigenvalue weighted by molar-refractivity contribution is -0.128. The maximum absolute atomic E-state index is 12.1. The molecule has 108 valence electrons. The van der Waals surface area contributed by atoms with E-state index in [1.165, 1.54) is 11.8 Å². The van der Waals surface area contributed by atoms with Crippen LogP contribution in [0.4, 0.5) is 0 Å². The number of thioether (sulfide) groups is 1. The number of nitrogens with zero attached hydrogens (tertiary/aromatic N) is 1. The molecule has 1 aliphatic carbocycles. The molecule has 4 nitrogen and oxygen atoms in total. The fourth-order valence-corrected chi connectivity index (χ4v) is 3.25. The van der Waals surface area contributed by atoms with E-state index in [9.17, 15) is 9.59 Å². The molecular weight excluding hydrogens is 342 g/mol. The van der Waals surface area contributed by atoms with Crippen LogP contribution in [0.3, 0.4) is 0 Å². The monoisotopic (exact) mass is 357 g/mol. The second-order valence-corrected chi connectivity index (χ2v) is 6.55. The summed E-state index contributed by atoms with van der Waals surface area (Å²) in [6, 6.07) is 5.54. The Bertz CT molecular complexity index is 531. The molecule has 1 aromatic rings. The van der Waals surface area contributed by atoms with Gasteiger partial charge in [0.1, 0.15) is 0 Å². The van der Waals surface area contributed by atoms with E-state index in [-0.39, 0.29) is 11.5 Å². The smallest absolute Gasteiger partial charge is 0.336 e. The summed E-state index contributed by atoms with van der Waals surface area (Å²) in [6.07, 6.45) is 2.21. The van der Waals surface area contributed by atoms with Crippen molar-refractivity contribution in [1.29, 1.82) is 0 Å². The van der Waals surface area contributed by atoms with Gasteiger partial charge in [-0.2, -0.15) is 0 Å². The van der Waals surface area contributed by atoms with Crippen molar-refractivity contribution in [2.45, 2.75) is 30.7 Å². The Balaban J connectivity index is 1.98. The second-order valence-electron chi connectivity index (χ2n) is 4.65. The lowest BCUT2D eigenvalue weighted by Gasteiger charge is -2.20. The maximum Gasteiger partial charge on any atom is 0.336 e. The number of hydrogen-bond donors (Lipinski definition) is 1. The topological polar surface area (TPSA) is 57.6 Å². The van der Waals surface area contributed by atoms with Crippen molar-refractivity contribution in [3.63, 3.8) is 0 Å². The summed E-state index contributed by atoms with van der Waals surface area (Å²) in [6.45, 7) is 2.73. The SMILES string of the molecule is CCN(C(=O)CSc1ccc(Br)c(C(=O)O)c1)C1CC1. The summed E-state index contributed by atoms with van der Waals surface area (Å²) in [5.41, 5.74) is 0.219. The van der Waals surface area contributed by atoms with Gasteiger partial charge in [0.15, 0.2) is 0 Å². The van der Waals surface area contributed by atoms with Gasteiger partial charge in [-0.3, -0.25) is 4.79 Å². The van der Waals surface area contributed by atoms with E-state index in [1.807, 2.05) is 17.9 Å². The number of rotatable bonds is 6. The first-order valence-electron chi connectivity index (χ1n) is 6.48. The number of carbonyl (C=O) groups is 2. The molecule has 0 aliphatic heterocycles. The molecule has 0 unspecified atom stereocenters. The number of amides is 1. The van der Waals surface area contributed by atoms with Gasteiger partial charge in [-0.15, -0.1) is 11.8 Å². The normalized spacial score (nSPS) is 14.1. The number of benzene rings is 1. The van der Waals surface area contributed by atoms with Gasteiger partial charge in [0.05, 0.1) is 11.3 Å². The van der Waals surface area contributed by atoms with Crippen LogP contribution in [0.25, 0.3) is 0 Å². The largest absolute Gasteiger partial charge is 0.478 e. The summed E-state index contributed by atoms with van der Waals surface area (Å²) in [5, 5.41) is 9.06. The van der Waals surface area contributed by atoms with E-state index >= 15 is 0 Å². The van der Waals surface area contributed by atoms with E-state index in [4.69, 9.17) is 5.11 Å². The third-order valence-corrected chi connectivity index (χ3v) is 4.85. The molecule has 0 heterocycles. The van der Waals surface area contributed by atoms with Crippen LogP contribution in [-0.2, 0) is 4.79 Å². The number of halogens is 1. The van der Waals surface area contributed by atoms with Crippen LogP contribution in [-0.4, -0.2) is 40.2 Å². The molecule has 1 aliphatic rings. The van der Waals surface area contributed by atoms with E-state index in [1.54, 1.807) is 12.1 Å². The molecule has 2 rings (SSSR count). The van der Waals surface area contributed by atoms with Crippen molar-refractivity contribution in [3.05, 3.63) is 28.2 Å². The zero-order valence-electron chi connectivity index (χ0n) is 11.1. The number of carbonyl (C=O) groups excluding carboxylic acids is 1. The minimum atomic E-state index is -0.973. The third-order valence-electron chi connectivity index (χ3n) is 3.18. The fraction of sp³-hybridized carbons (Fsp3) is 0.429. The highest BCUT2D eigenvalue weighted by Gasteiger charge is 2.31. The molecule has 0 atom stereocenters. The molecule has 1 fully saturated rings. The van der Waals surface area contributed by atoms with Crippen molar-refractivity contribution in [1.82, 2.24) is 4.90 Å². The summed E-state index contributed by atoms with van der Waals surface area (Å²) >= 11 is 4.59. The van der Waals surface area contributed by atoms with Crippen LogP contribution >= 0.6 is 27.7 Å². The highest BCUT2D eigenvalue weighted by Crippen LogP contribution is 2.29. The molecule has 0 aromatic heterocycles. The van der Waals surface area contributed by atoms with Crippen molar-refractivity contribution < 1.29 is 14.7 Å². The van der Waals surface area contributed by atoms with Crippen LogP contribution in [0.1, 0.15) is 30.1 Å². The molecule has 0 radical (unpaired) electrons. The standard InChI is InChI=1S/C14H16BrNO3S/c1-2-16(9-3-4-9)13(17)8-20-10-5-6-12(15)11(7-10)14(18)19/h5-7,9H,2-4,8H2,1H3,(H,18,19). The van der Waals surface area contributed by atoms with Crippen molar-refractivity contribution in [3.8, 4) is 0 Å². The van der Waals surface area contributed by atoms with Gasteiger partial charge in [-0.25, -0.2) is 4.79 Å². The zero-order chi connectivity index (χ0) is 14.7. The minimum Gasteiger partial charge on any atom is -0.478 e. The lowest BCUT2D eigenvalue weighted by atomic mass is 10.2. The molecule has 1 aromatic carbocycles. The molecule has 20 heavy (non-hydrogen) atoms. The second kappa shape index (κ2) is 6.63. The molecule has 1 saturated carbocycles. The summed E-state index contributed by atoms with van der Waals surface area (Å²) in [4.78, 5) is 25.8. The van der Waals surface area contributed by atoms with Crippen LogP contribution in [0.2, 0.25) is 0 Å². The summed E-state index contributed by atoms with van der Waals surface area (Å²) in [7, 11) is 0. The Morgan fingerprint density at radius 2 is 2.15 bits per heavy atom. The van der Waals surface area contributed by atoms with Crippen LogP contribution < -0.4 is 0 Å². The molecule has 1 N–H and O–H groups in total. The zero-order valence-corrected chi connectivity index (χ0v) is 13.5. The average molecular weight is 358 g/mol. The molecular formula is C14H16BrNO3S. The average Bonchev–Trinajstić information content (AvgIpc) is 3.23. The molecule has 6 heteroatoms. The first-order valence-corrected chi connectivity index (χ1v) is 8.26. The highest BCUT2D eigenvalue weighted by atomic mass is 79.9. The Morgan fingerprint density at radius 3 is 2.70 bits per heavy atom. The van der Waals surface area contributed by atoms with Crippen LogP contribution in [0.5, 0.6) is 0 Å². The predicted octanol–water partition coefficient (Wildman–Crippen LogP) is 3.25. The van der Waals surface area contributed by atoms with Gasteiger partial charge in [-0.1, -0.05) is 0 Å². The number of carboxylic acid groups (broad SMARTS) is 1. The van der Waals surface area contributed by atoms with Gasteiger partial charge >= 0.3 is 5.97 Å². The molecule has 0 bridgehead atoms. The Morgan fingerprint density at radius 1 is 1.45 bits per heavy atom. The van der Waals surface area contributed by atoms with Gasteiger partial charge in [0, 0.05) is 22.0 Å². The number of hydrogen-bond acceptors (Lipinski definition) is 3. The molecule has 0 saturated heterocycles. The van der Waals surface area contributed by atoms with Crippen LogP contribution in [0.15, 0.2) is 27.6 Å². The van der Waals surface area contributed by atoms with Crippen molar-refractivity contribution in [2.24, 2.45) is 0 Å². The molecule has 0 spiro atoms. The Hall–Kier alpha value is -1.01. The van der Waals surface area contributed by atoms with E-state index in [0.717, 1.165) is 24.3 Å². The number of aromatic carboxylic acids is 1. The van der Waals surface area contributed by atoms with E-state index in [0.29, 0.717) is 16.3 Å². The van der Waals surface area contributed by atoms with Gasteiger partial charge < -0.3 is 10.0 Å². The quantitative estimate of drug-likeness (QED) is 0.794. The molecule has 1 amide bonds. The van der Waals surface area contributed by atoms with Crippen molar-refractivity contribution in [2.75, 3.05) is 12.3 Å².